The lowest BCUT2D eigenvalue weighted by Gasteiger charge is -1.98. The van der Waals surface area contributed by atoms with E-state index in [9.17, 15) is 5.11 Å². The first-order valence-electron chi connectivity index (χ1n) is 7.43. The van der Waals surface area contributed by atoms with Crippen molar-refractivity contribution in [3.8, 4) is 5.88 Å². The number of halogens is 2. The highest BCUT2D eigenvalue weighted by molar-refractivity contribution is 7.11. The Kier molecular flexibility index (Phi) is 5.27. The van der Waals surface area contributed by atoms with Crippen molar-refractivity contribution in [2.75, 3.05) is 0 Å². The number of nitrogens with zero attached hydrogens (tertiary/aromatic N) is 3. The SMILES string of the molecule is Cc1ccc(N=Cc2sc(=Nc3ccc(Cl)cc3)n(C)c2O)cc1Cl. The molecule has 3 rings (SSSR count). The number of aliphatic imine (C=N–C) groups is 1. The van der Waals surface area contributed by atoms with Crippen LogP contribution in [-0.4, -0.2) is 15.9 Å². The first-order valence-corrected chi connectivity index (χ1v) is 9.00. The zero-order valence-electron chi connectivity index (χ0n) is 13.6. The van der Waals surface area contributed by atoms with Crippen LogP contribution in [0, 0.1) is 6.92 Å². The fourth-order valence-electron chi connectivity index (χ4n) is 2.07. The van der Waals surface area contributed by atoms with Crippen LogP contribution in [0.15, 0.2) is 52.4 Å². The van der Waals surface area contributed by atoms with Crippen LogP contribution in [-0.2, 0) is 7.05 Å². The van der Waals surface area contributed by atoms with Crippen molar-refractivity contribution in [2.24, 2.45) is 17.0 Å². The van der Waals surface area contributed by atoms with Crippen molar-refractivity contribution in [1.29, 1.82) is 0 Å². The molecular weight excluding hydrogens is 377 g/mol. The molecule has 1 heterocycles. The molecule has 0 radical (unpaired) electrons. The number of thiazole rings is 1. The second-order valence-electron chi connectivity index (χ2n) is 5.41. The topological polar surface area (TPSA) is 49.9 Å². The van der Waals surface area contributed by atoms with E-state index in [1.807, 2.05) is 31.2 Å². The highest BCUT2D eigenvalue weighted by Crippen LogP contribution is 2.24. The van der Waals surface area contributed by atoms with Gasteiger partial charge < -0.3 is 5.11 Å². The summed E-state index contributed by atoms with van der Waals surface area (Å²) in [5, 5.41) is 11.6. The molecule has 25 heavy (non-hydrogen) atoms. The van der Waals surface area contributed by atoms with E-state index >= 15 is 0 Å². The maximum absolute atomic E-state index is 10.3. The number of aromatic nitrogens is 1. The van der Waals surface area contributed by atoms with E-state index in [-0.39, 0.29) is 5.88 Å². The van der Waals surface area contributed by atoms with Gasteiger partial charge in [-0.05, 0) is 48.9 Å². The van der Waals surface area contributed by atoms with E-state index in [1.165, 1.54) is 11.3 Å². The number of rotatable bonds is 3. The van der Waals surface area contributed by atoms with Crippen LogP contribution < -0.4 is 4.80 Å². The van der Waals surface area contributed by atoms with Crippen LogP contribution in [0.3, 0.4) is 0 Å². The van der Waals surface area contributed by atoms with Crippen LogP contribution in [0.25, 0.3) is 0 Å². The molecule has 1 N–H and O–H groups in total. The molecule has 0 spiro atoms. The molecule has 2 aromatic carbocycles. The summed E-state index contributed by atoms with van der Waals surface area (Å²) in [5.74, 6) is 0.111. The van der Waals surface area contributed by atoms with Gasteiger partial charge in [0.25, 0.3) is 0 Å². The van der Waals surface area contributed by atoms with E-state index in [4.69, 9.17) is 23.2 Å². The van der Waals surface area contributed by atoms with Gasteiger partial charge in [0.2, 0.25) is 5.88 Å². The van der Waals surface area contributed by atoms with Crippen LogP contribution in [0.4, 0.5) is 11.4 Å². The normalized spacial score (nSPS) is 12.2. The van der Waals surface area contributed by atoms with Crippen LogP contribution in [0.5, 0.6) is 5.88 Å². The number of aryl methyl sites for hydroxylation is 1. The van der Waals surface area contributed by atoms with Crippen molar-refractivity contribution in [3.05, 3.63) is 67.8 Å². The lowest BCUT2D eigenvalue weighted by atomic mass is 10.2. The predicted octanol–water partition coefficient (Wildman–Crippen LogP) is 5.39. The average Bonchev–Trinajstić information content (AvgIpc) is 2.86. The second kappa shape index (κ2) is 7.44. The van der Waals surface area contributed by atoms with E-state index in [2.05, 4.69) is 9.98 Å². The molecule has 7 heteroatoms. The summed E-state index contributed by atoms with van der Waals surface area (Å²) in [6, 6.07) is 12.8. The summed E-state index contributed by atoms with van der Waals surface area (Å²) in [6.45, 7) is 1.94. The molecule has 128 valence electrons. The lowest BCUT2D eigenvalue weighted by Crippen LogP contribution is -2.08. The summed E-state index contributed by atoms with van der Waals surface area (Å²) in [5.41, 5.74) is 2.48. The van der Waals surface area contributed by atoms with Crippen molar-refractivity contribution >= 4 is 52.1 Å². The Balaban J connectivity index is 1.94. The third kappa shape index (κ3) is 4.12. The van der Waals surface area contributed by atoms with Crippen molar-refractivity contribution < 1.29 is 5.11 Å². The largest absolute Gasteiger partial charge is 0.493 e. The average molecular weight is 392 g/mol. The molecule has 0 aliphatic heterocycles. The quantitative estimate of drug-likeness (QED) is 0.597. The zero-order valence-corrected chi connectivity index (χ0v) is 15.9. The maximum Gasteiger partial charge on any atom is 0.212 e. The van der Waals surface area contributed by atoms with Gasteiger partial charge >= 0.3 is 0 Å². The Morgan fingerprint density at radius 1 is 1.08 bits per heavy atom. The lowest BCUT2D eigenvalue weighted by molar-refractivity contribution is 0.428. The Hall–Kier alpha value is -2.08. The highest BCUT2D eigenvalue weighted by Gasteiger charge is 2.08. The molecule has 0 saturated heterocycles. The van der Waals surface area contributed by atoms with Gasteiger partial charge in [-0.15, -0.1) is 0 Å². The third-order valence-electron chi connectivity index (χ3n) is 3.56. The summed E-state index contributed by atoms with van der Waals surface area (Å²) in [7, 11) is 1.75. The van der Waals surface area contributed by atoms with E-state index < -0.39 is 0 Å². The summed E-state index contributed by atoms with van der Waals surface area (Å²) in [4.78, 5) is 10.2. The van der Waals surface area contributed by atoms with Gasteiger partial charge in [-0.25, -0.2) is 4.99 Å². The Morgan fingerprint density at radius 2 is 1.76 bits per heavy atom. The Bertz CT molecular complexity index is 1000. The number of hydrogen-bond donors (Lipinski definition) is 1. The smallest absolute Gasteiger partial charge is 0.212 e. The van der Waals surface area contributed by atoms with Crippen LogP contribution in [0.1, 0.15) is 10.4 Å². The van der Waals surface area contributed by atoms with Gasteiger partial charge in [-0.2, -0.15) is 0 Å². The van der Waals surface area contributed by atoms with Gasteiger partial charge in [-0.3, -0.25) is 9.56 Å². The molecule has 1 aromatic heterocycles. The molecular formula is C18H15Cl2N3OS. The van der Waals surface area contributed by atoms with Gasteiger partial charge in [0.15, 0.2) is 4.80 Å². The van der Waals surface area contributed by atoms with E-state index in [0.717, 1.165) is 16.9 Å². The van der Waals surface area contributed by atoms with Gasteiger partial charge in [-0.1, -0.05) is 40.6 Å². The van der Waals surface area contributed by atoms with E-state index in [0.29, 0.717) is 19.7 Å². The van der Waals surface area contributed by atoms with Gasteiger partial charge in [0.1, 0.15) is 4.88 Å². The fourth-order valence-corrected chi connectivity index (χ4v) is 3.28. The molecule has 0 bridgehead atoms. The first-order chi connectivity index (χ1) is 11.9. The van der Waals surface area contributed by atoms with Crippen LogP contribution in [0.2, 0.25) is 10.0 Å². The Labute approximate surface area is 159 Å². The highest BCUT2D eigenvalue weighted by atomic mass is 35.5. The maximum atomic E-state index is 10.3. The van der Waals surface area contributed by atoms with Crippen LogP contribution >= 0.6 is 34.5 Å². The molecule has 0 aliphatic rings. The zero-order chi connectivity index (χ0) is 18.0. The number of hydrogen-bond acceptors (Lipinski definition) is 4. The molecule has 0 saturated carbocycles. The second-order valence-corrected chi connectivity index (χ2v) is 7.26. The molecule has 0 amide bonds. The van der Waals surface area contributed by atoms with Gasteiger partial charge in [0, 0.05) is 17.1 Å². The minimum absolute atomic E-state index is 0.111. The predicted molar refractivity (Wildman–Crippen MR) is 105 cm³/mol. The van der Waals surface area contributed by atoms with E-state index in [1.54, 1.807) is 36.0 Å². The molecule has 0 aliphatic carbocycles. The van der Waals surface area contributed by atoms with Crippen molar-refractivity contribution in [3.63, 3.8) is 0 Å². The Morgan fingerprint density at radius 3 is 2.44 bits per heavy atom. The monoisotopic (exact) mass is 391 g/mol. The minimum atomic E-state index is 0.111. The standard InChI is InChI=1S/C18H15Cl2N3OS/c1-11-3-6-14(9-15(11)20)21-10-16-17(24)23(2)18(25-16)22-13-7-4-12(19)5-8-13/h3-10,24H,1-2H3. The summed E-state index contributed by atoms with van der Waals surface area (Å²) < 4.78 is 1.61. The molecule has 4 nitrogen and oxygen atoms in total. The fraction of sp³-hybridized carbons (Fsp3) is 0.111. The summed E-state index contributed by atoms with van der Waals surface area (Å²) in [6.07, 6.45) is 1.61. The van der Waals surface area contributed by atoms with Gasteiger partial charge in [0.05, 0.1) is 17.6 Å². The first kappa shape index (κ1) is 17.7. The molecule has 0 unspecified atom stereocenters. The summed E-state index contributed by atoms with van der Waals surface area (Å²) >= 11 is 13.3. The molecule has 0 atom stereocenters. The van der Waals surface area contributed by atoms with Crippen molar-refractivity contribution in [2.45, 2.75) is 6.92 Å². The number of benzene rings is 2. The number of aromatic hydroxyl groups is 1. The molecule has 3 aromatic rings. The minimum Gasteiger partial charge on any atom is -0.493 e. The third-order valence-corrected chi connectivity index (χ3v) is 5.28. The van der Waals surface area contributed by atoms with Crippen molar-refractivity contribution in [1.82, 2.24) is 4.57 Å². The molecule has 0 fully saturated rings.